The predicted octanol–water partition coefficient (Wildman–Crippen LogP) is 1.23. The van der Waals surface area contributed by atoms with Crippen molar-refractivity contribution in [3.63, 3.8) is 0 Å². The Balaban J connectivity index is 1.62. The van der Waals surface area contributed by atoms with Gasteiger partial charge in [0.2, 0.25) is 0 Å². The highest BCUT2D eigenvalue weighted by Crippen LogP contribution is 2.25. The minimum atomic E-state index is -0.372. The average Bonchev–Trinajstić information content (AvgIpc) is 2.82. The molecular weight excluding hydrogens is 302 g/mol. The van der Waals surface area contributed by atoms with Crippen molar-refractivity contribution in [1.29, 1.82) is 0 Å². The van der Waals surface area contributed by atoms with Crippen molar-refractivity contribution in [3.05, 3.63) is 35.5 Å². The summed E-state index contributed by atoms with van der Waals surface area (Å²) in [7, 11) is 0. The molecule has 3 rings (SSSR count). The molecule has 1 atom stereocenters. The van der Waals surface area contributed by atoms with Gasteiger partial charge in [0.25, 0.3) is 0 Å². The summed E-state index contributed by atoms with van der Waals surface area (Å²) in [5.74, 6) is 0. The Kier molecular flexibility index (Phi) is 5.56. The van der Waals surface area contributed by atoms with Gasteiger partial charge >= 0.3 is 0 Å². The zero-order chi connectivity index (χ0) is 17.1. The van der Waals surface area contributed by atoms with Gasteiger partial charge in [-0.2, -0.15) is 0 Å². The van der Waals surface area contributed by atoms with E-state index in [2.05, 4.69) is 52.5 Å². The molecule has 0 spiro atoms. The van der Waals surface area contributed by atoms with E-state index in [1.165, 1.54) is 22.2 Å². The molecule has 1 saturated heterocycles. The monoisotopic (exact) mass is 331 g/mol. The predicted molar refractivity (Wildman–Crippen MR) is 97.4 cm³/mol. The summed E-state index contributed by atoms with van der Waals surface area (Å²) < 4.78 is 2.25. The van der Waals surface area contributed by atoms with Crippen molar-refractivity contribution in [2.45, 2.75) is 26.5 Å². The number of hydrogen-bond donors (Lipinski definition) is 2. The number of nitrogens with zero attached hydrogens (tertiary/aromatic N) is 3. The first kappa shape index (κ1) is 17.4. The van der Waals surface area contributed by atoms with Crippen LogP contribution in [0.3, 0.4) is 0 Å². The van der Waals surface area contributed by atoms with Crippen LogP contribution in [-0.2, 0) is 6.54 Å². The highest BCUT2D eigenvalue weighted by molar-refractivity contribution is 5.85. The molecule has 132 valence electrons. The molecule has 2 N–H and O–H groups in total. The third kappa shape index (κ3) is 3.64. The molecule has 0 bridgehead atoms. The second-order valence-corrected chi connectivity index (χ2v) is 6.86. The van der Waals surface area contributed by atoms with Crippen molar-refractivity contribution >= 4 is 10.9 Å². The molecule has 2 heterocycles. The van der Waals surface area contributed by atoms with Gasteiger partial charge in [0.05, 0.1) is 19.3 Å². The van der Waals surface area contributed by atoms with Crippen LogP contribution in [0.4, 0.5) is 0 Å². The second kappa shape index (κ2) is 7.66. The average molecular weight is 331 g/mol. The van der Waals surface area contributed by atoms with Gasteiger partial charge in [0.1, 0.15) is 0 Å². The van der Waals surface area contributed by atoms with Gasteiger partial charge in [0.15, 0.2) is 0 Å². The molecule has 1 aromatic carbocycles. The van der Waals surface area contributed by atoms with E-state index in [-0.39, 0.29) is 12.7 Å². The molecular formula is C19H29N3O2. The van der Waals surface area contributed by atoms with Gasteiger partial charge in [-0.25, -0.2) is 0 Å². The fraction of sp³-hybridized carbons (Fsp3) is 0.579. The Hall–Kier alpha value is -1.40. The number of rotatable bonds is 6. The summed E-state index contributed by atoms with van der Waals surface area (Å²) in [4.78, 5) is 4.60. The van der Waals surface area contributed by atoms with Crippen LogP contribution < -0.4 is 0 Å². The number of aliphatic hydroxyl groups is 2. The highest BCUT2D eigenvalue weighted by atomic mass is 16.3. The summed E-state index contributed by atoms with van der Waals surface area (Å²) in [6, 6.07) is 8.42. The van der Waals surface area contributed by atoms with E-state index < -0.39 is 0 Å². The molecule has 0 unspecified atom stereocenters. The Morgan fingerprint density at radius 3 is 2.38 bits per heavy atom. The maximum absolute atomic E-state index is 10.6. The summed E-state index contributed by atoms with van der Waals surface area (Å²) in [5.41, 5.74) is 3.75. The van der Waals surface area contributed by atoms with E-state index in [1.54, 1.807) is 0 Å². The van der Waals surface area contributed by atoms with E-state index in [0.29, 0.717) is 13.1 Å². The number of benzene rings is 1. The topological polar surface area (TPSA) is 51.9 Å². The van der Waals surface area contributed by atoms with E-state index in [9.17, 15) is 5.11 Å². The van der Waals surface area contributed by atoms with Crippen LogP contribution in [0.15, 0.2) is 24.3 Å². The number of para-hydroxylation sites is 1. The summed E-state index contributed by atoms with van der Waals surface area (Å²) in [6.07, 6.45) is -0.372. The molecule has 0 amide bonds. The molecule has 5 heteroatoms. The lowest BCUT2D eigenvalue weighted by molar-refractivity contribution is 0.0594. The maximum Gasteiger partial charge on any atom is 0.0845 e. The SMILES string of the molecule is Cc1c(C)n(C[C@@H](O)CN2CCN(CCO)CC2)c2ccccc12. The van der Waals surface area contributed by atoms with Crippen LogP contribution in [0, 0.1) is 13.8 Å². The standard InChI is InChI=1S/C19H29N3O2/c1-15-16(2)22(19-6-4-3-5-18(15)19)14-17(24)13-21-9-7-20(8-10-21)11-12-23/h3-6,17,23-24H,7-14H2,1-2H3/t17-/m0/s1. The molecule has 0 aliphatic carbocycles. The largest absolute Gasteiger partial charge is 0.395 e. The quantitative estimate of drug-likeness (QED) is 0.836. The third-order valence-corrected chi connectivity index (χ3v) is 5.29. The van der Waals surface area contributed by atoms with Gasteiger partial charge in [-0.15, -0.1) is 0 Å². The first-order valence-electron chi connectivity index (χ1n) is 8.88. The van der Waals surface area contributed by atoms with Gasteiger partial charge < -0.3 is 14.8 Å². The van der Waals surface area contributed by atoms with Crippen LogP contribution in [0.5, 0.6) is 0 Å². The number of aryl methyl sites for hydroxylation is 1. The Morgan fingerprint density at radius 2 is 1.67 bits per heavy atom. The van der Waals surface area contributed by atoms with E-state index in [0.717, 1.165) is 32.7 Å². The maximum atomic E-state index is 10.6. The lowest BCUT2D eigenvalue weighted by Gasteiger charge is -2.35. The second-order valence-electron chi connectivity index (χ2n) is 6.86. The van der Waals surface area contributed by atoms with Crippen LogP contribution >= 0.6 is 0 Å². The molecule has 0 saturated carbocycles. The van der Waals surface area contributed by atoms with Crippen LogP contribution in [0.2, 0.25) is 0 Å². The Morgan fingerprint density at radius 1 is 1.00 bits per heavy atom. The van der Waals surface area contributed by atoms with Crippen LogP contribution in [0.1, 0.15) is 11.3 Å². The highest BCUT2D eigenvalue weighted by Gasteiger charge is 2.20. The summed E-state index contributed by atoms with van der Waals surface area (Å²) in [6.45, 7) is 10.5. The normalized spacial score (nSPS) is 18.3. The van der Waals surface area contributed by atoms with Crippen molar-refractivity contribution in [2.75, 3.05) is 45.9 Å². The van der Waals surface area contributed by atoms with Gasteiger partial charge in [0, 0.05) is 55.9 Å². The number of fused-ring (bicyclic) bond motifs is 1. The van der Waals surface area contributed by atoms with Gasteiger partial charge in [-0.1, -0.05) is 18.2 Å². The number of piperazine rings is 1. The summed E-state index contributed by atoms with van der Waals surface area (Å²) >= 11 is 0. The molecule has 0 radical (unpaired) electrons. The zero-order valence-electron chi connectivity index (χ0n) is 14.8. The van der Waals surface area contributed by atoms with Crippen molar-refractivity contribution < 1.29 is 10.2 Å². The minimum absolute atomic E-state index is 0.224. The Bertz CT molecular complexity index is 675. The van der Waals surface area contributed by atoms with Crippen LogP contribution in [-0.4, -0.2) is 76.6 Å². The molecule has 1 fully saturated rings. The number of aliphatic hydroxyl groups excluding tert-OH is 2. The van der Waals surface area contributed by atoms with Crippen molar-refractivity contribution in [2.24, 2.45) is 0 Å². The molecule has 1 aromatic heterocycles. The lowest BCUT2D eigenvalue weighted by Crippen LogP contribution is -2.49. The third-order valence-electron chi connectivity index (χ3n) is 5.29. The number of β-amino-alcohol motifs (C(OH)–C–C–N with tert-alkyl or cyclic N) is 2. The van der Waals surface area contributed by atoms with Crippen LogP contribution in [0.25, 0.3) is 10.9 Å². The van der Waals surface area contributed by atoms with Gasteiger partial charge in [-0.05, 0) is 25.5 Å². The molecule has 24 heavy (non-hydrogen) atoms. The van der Waals surface area contributed by atoms with Crippen molar-refractivity contribution in [1.82, 2.24) is 14.4 Å². The van der Waals surface area contributed by atoms with Gasteiger partial charge in [-0.3, -0.25) is 9.80 Å². The minimum Gasteiger partial charge on any atom is -0.395 e. The molecule has 1 aliphatic heterocycles. The molecule has 5 nitrogen and oxygen atoms in total. The van der Waals surface area contributed by atoms with E-state index in [1.807, 2.05) is 0 Å². The lowest BCUT2D eigenvalue weighted by atomic mass is 10.2. The smallest absolute Gasteiger partial charge is 0.0845 e. The number of hydrogen-bond acceptors (Lipinski definition) is 4. The first-order chi connectivity index (χ1) is 11.6. The van der Waals surface area contributed by atoms with Crippen molar-refractivity contribution in [3.8, 4) is 0 Å². The summed E-state index contributed by atoms with van der Waals surface area (Å²) in [5, 5.41) is 20.9. The van der Waals surface area contributed by atoms with E-state index >= 15 is 0 Å². The Labute approximate surface area is 144 Å². The fourth-order valence-corrected chi connectivity index (χ4v) is 3.74. The molecule has 2 aromatic rings. The first-order valence-corrected chi connectivity index (χ1v) is 8.88. The number of aromatic nitrogens is 1. The fourth-order valence-electron chi connectivity index (χ4n) is 3.74. The molecule has 1 aliphatic rings. The van der Waals surface area contributed by atoms with E-state index in [4.69, 9.17) is 5.11 Å². The zero-order valence-corrected chi connectivity index (χ0v) is 14.8.